The van der Waals surface area contributed by atoms with Crippen LogP contribution < -0.4 is 5.32 Å². The average Bonchev–Trinajstić information content (AvgIpc) is 2.61. The van der Waals surface area contributed by atoms with Crippen LogP contribution in [-0.2, 0) is 17.6 Å². The number of hydrogen-bond donors (Lipinski definition) is 1. The molecule has 122 valence electrons. The van der Waals surface area contributed by atoms with E-state index in [0.717, 1.165) is 29.3 Å². The summed E-state index contributed by atoms with van der Waals surface area (Å²) in [4.78, 5) is 16.7. The molecule has 3 rings (SSSR count). The Labute approximate surface area is 142 Å². The van der Waals surface area contributed by atoms with Gasteiger partial charge in [0.25, 0.3) is 0 Å². The lowest BCUT2D eigenvalue weighted by molar-refractivity contribution is -0.121. The van der Waals surface area contributed by atoms with E-state index in [1.165, 1.54) is 5.56 Å². The molecule has 24 heavy (non-hydrogen) atoms. The van der Waals surface area contributed by atoms with Gasteiger partial charge in [-0.15, -0.1) is 0 Å². The quantitative estimate of drug-likeness (QED) is 0.748. The van der Waals surface area contributed by atoms with Crippen molar-refractivity contribution in [1.29, 1.82) is 0 Å². The van der Waals surface area contributed by atoms with Crippen molar-refractivity contribution < 1.29 is 4.79 Å². The van der Waals surface area contributed by atoms with Crippen molar-refractivity contribution in [3.05, 3.63) is 78.0 Å². The molecule has 0 bridgehead atoms. The first-order valence-electron chi connectivity index (χ1n) is 8.38. The normalized spacial score (nSPS) is 12.0. The maximum Gasteiger partial charge on any atom is 0.224 e. The molecule has 1 aromatic heterocycles. The Bertz CT molecular complexity index is 809. The van der Waals surface area contributed by atoms with Gasteiger partial charge in [-0.1, -0.05) is 54.6 Å². The molecule has 0 unspecified atom stereocenters. The fraction of sp³-hybridized carbons (Fsp3) is 0.238. The number of para-hydroxylation sites is 1. The summed E-state index contributed by atoms with van der Waals surface area (Å²) in [5.74, 6) is 0.0497. The van der Waals surface area contributed by atoms with Crippen molar-refractivity contribution in [2.45, 2.75) is 32.2 Å². The number of amides is 1. The van der Waals surface area contributed by atoms with Gasteiger partial charge >= 0.3 is 0 Å². The minimum Gasteiger partial charge on any atom is -0.353 e. The highest BCUT2D eigenvalue weighted by atomic mass is 16.1. The maximum absolute atomic E-state index is 12.3. The Morgan fingerprint density at radius 2 is 1.83 bits per heavy atom. The number of carbonyl (C=O) groups is 1. The monoisotopic (exact) mass is 318 g/mol. The van der Waals surface area contributed by atoms with Crippen LogP contribution in [0.5, 0.6) is 0 Å². The van der Waals surface area contributed by atoms with Gasteiger partial charge in [0, 0.05) is 17.6 Å². The van der Waals surface area contributed by atoms with Gasteiger partial charge in [-0.05, 0) is 37.0 Å². The maximum atomic E-state index is 12.3. The molecule has 0 saturated heterocycles. The number of rotatable bonds is 6. The van der Waals surface area contributed by atoms with Crippen LogP contribution in [0.25, 0.3) is 10.9 Å². The number of pyridine rings is 1. The van der Waals surface area contributed by atoms with E-state index in [0.29, 0.717) is 6.42 Å². The van der Waals surface area contributed by atoms with Crippen LogP contribution in [0, 0.1) is 0 Å². The van der Waals surface area contributed by atoms with Crippen molar-refractivity contribution in [1.82, 2.24) is 10.3 Å². The van der Waals surface area contributed by atoms with Crippen LogP contribution in [0.4, 0.5) is 0 Å². The van der Waals surface area contributed by atoms with E-state index in [9.17, 15) is 4.79 Å². The molecule has 1 heterocycles. The summed E-state index contributed by atoms with van der Waals surface area (Å²) in [7, 11) is 0. The molecule has 0 spiro atoms. The molecular weight excluding hydrogens is 296 g/mol. The number of carbonyl (C=O) groups excluding carboxylic acids is 1. The Kier molecular flexibility index (Phi) is 5.22. The first-order chi connectivity index (χ1) is 11.7. The van der Waals surface area contributed by atoms with Crippen molar-refractivity contribution in [3.63, 3.8) is 0 Å². The zero-order valence-corrected chi connectivity index (χ0v) is 13.9. The smallest absolute Gasteiger partial charge is 0.224 e. The third kappa shape index (κ3) is 4.19. The number of nitrogens with one attached hydrogen (secondary N) is 1. The predicted octanol–water partition coefficient (Wildman–Crippen LogP) is 3.91. The largest absolute Gasteiger partial charge is 0.353 e. The van der Waals surface area contributed by atoms with Gasteiger partial charge in [0.15, 0.2) is 0 Å². The third-order valence-corrected chi connectivity index (χ3v) is 4.18. The van der Waals surface area contributed by atoms with Gasteiger partial charge in [0.05, 0.1) is 11.9 Å². The topological polar surface area (TPSA) is 42.0 Å². The van der Waals surface area contributed by atoms with Crippen LogP contribution in [-0.4, -0.2) is 16.9 Å². The lowest BCUT2D eigenvalue weighted by Crippen LogP contribution is -2.34. The van der Waals surface area contributed by atoms with Crippen LogP contribution in [0.3, 0.4) is 0 Å². The molecule has 1 atom stereocenters. The lowest BCUT2D eigenvalue weighted by atomic mass is 10.0. The summed E-state index contributed by atoms with van der Waals surface area (Å²) >= 11 is 0. The summed E-state index contributed by atoms with van der Waals surface area (Å²) < 4.78 is 0. The first-order valence-corrected chi connectivity index (χ1v) is 8.38. The van der Waals surface area contributed by atoms with Crippen molar-refractivity contribution in [3.8, 4) is 0 Å². The van der Waals surface area contributed by atoms with E-state index in [2.05, 4.69) is 29.4 Å². The molecule has 0 saturated carbocycles. The molecule has 1 N–H and O–H groups in total. The average molecular weight is 318 g/mol. The number of benzene rings is 2. The standard InChI is InChI=1S/C21H22N2O/c1-16(12-13-17-7-3-2-4-8-17)23-20(24)15-19-10-5-9-18-11-6-14-22-21(18)19/h2-11,14,16H,12-13,15H2,1H3,(H,23,24)/t16-/m0/s1. The summed E-state index contributed by atoms with van der Waals surface area (Å²) in [6.07, 6.45) is 4.04. The Morgan fingerprint density at radius 1 is 1.04 bits per heavy atom. The Hall–Kier alpha value is -2.68. The van der Waals surface area contributed by atoms with Gasteiger partial charge in [0.2, 0.25) is 5.91 Å². The minimum atomic E-state index is 0.0497. The molecule has 0 aliphatic carbocycles. The van der Waals surface area contributed by atoms with Gasteiger partial charge in [0.1, 0.15) is 0 Å². The van der Waals surface area contributed by atoms with E-state index >= 15 is 0 Å². The van der Waals surface area contributed by atoms with Gasteiger partial charge in [-0.25, -0.2) is 0 Å². The Balaban J connectivity index is 1.56. The third-order valence-electron chi connectivity index (χ3n) is 4.18. The first kappa shape index (κ1) is 16.2. The van der Waals surface area contributed by atoms with Gasteiger partial charge < -0.3 is 5.32 Å². The molecule has 0 radical (unpaired) electrons. The second kappa shape index (κ2) is 7.73. The van der Waals surface area contributed by atoms with Gasteiger partial charge in [-0.2, -0.15) is 0 Å². The minimum absolute atomic E-state index is 0.0497. The highest BCUT2D eigenvalue weighted by molar-refractivity contribution is 5.87. The van der Waals surface area contributed by atoms with Gasteiger partial charge in [-0.3, -0.25) is 9.78 Å². The number of nitrogens with zero attached hydrogens (tertiary/aromatic N) is 1. The Morgan fingerprint density at radius 3 is 2.67 bits per heavy atom. The molecular formula is C21H22N2O. The number of hydrogen-bond acceptors (Lipinski definition) is 2. The molecule has 1 amide bonds. The van der Waals surface area contributed by atoms with E-state index < -0.39 is 0 Å². The zero-order valence-electron chi connectivity index (χ0n) is 13.9. The van der Waals surface area contributed by atoms with Crippen LogP contribution in [0.15, 0.2) is 66.9 Å². The molecule has 2 aromatic carbocycles. The summed E-state index contributed by atoms with van der Waals surface area (Å²) in [5.41, 5.74) is 3.19. The molecule has 3 aromatic rings. The fourth-order valence-corrected chi connectivity index (χ4v) is 2.91. The zero-order chi connectivity index (χ0) is 16.8. The highest BCUT2D eigenvalue weighted by Gasteiger charge is 2.11. The van der Waals surface area contributed by atoms with Crippen molar-refractivity contribution in [2.75, 3.05) is 0 Å². The summed E-state index contributed by atoms with van der Waals surface area (Å²) in [6.45, 7) is 2.06. The van der Waals surface area contributed by atoms with Crippen molar-refractivity contribution in [2.24, 2.45) is 0 Å². The molecule has 0 fully saturated rings. The molecule has 0 aliphatic rings. The van der Waals surface area contributed by atoms with E-state index in [1.54, 1.807) is 6.20 Å². The number of fused-ring (bicyclic) bond motifs is 1. The van der Waals surface area contributed by atoms with Crippen LogP contribution in [0.2, 0.25) is 0 Å². The SMILES string of the molecule is C[C@@H](CCc1ccccc1)NC(=O)Cc1cccc2cccnc12. The van der Waals surface area contributed by atoms with E-state index in [-0.39, 0.29) is 11.9 Å². The molecule has 3 heteroatoms. The molecule has 3 nitrogen and oxygen atoms in total. The highest BCUT2D eigenvalue weighted by Crippen LogP contribution is 2.16. The number of aryl methyl sites for hydroxylation is 1. The fourth-order valence-electron chi connectivity index (χ4n) is 2.91. The second-order valence-electron chi connectivity index (χ2n) is 6.16. The summed E-state index contributed by atoms with van der Waals surface area (Å²) in [6, 6.07) is 20.4. The van der Waals surface area contributed by atoms with Crippen LogP contribution in [0.1, 0.15) is 24.5 Å². The lowest BCUT2D eigenvalue weighted by Gasteiger charge is -2.14. The van der Waals surface area contributed by atoms with Crippen LogP contribution >= 0.6 is 0 Å². The summed E-state index contributed by atoms with van der Waals surface area (Å²) in [5, 5.41) is 4.17. The second-order valence-corrected chi connectivity index (χ2v) is 6.16. The van der Waals surface area contributed by atoms with E-state index in [1.807, 2.05) is 48.5 Å². The predicted molar refractivity (Wildman–Crippen MR) is 97.8 cm³/mol. The van der Waals surface area contributed by atoms with Crippen molar-refractivity contribution >= 4 is 16.8 Å². The molecule has 0 aliphatic heterocycles. The number of aromatic nitrogens is 1. The van der Waals surface area contributed by atoms with E-state index in [4.69, 9.17) is 0 Å².